The first kappa shape index (κ1) is 18.7. The molecule has 0 unspecified atom stereocenters. The Morgan fingerprint density at radius 3 is 2.67 bits per heavy atom. The summed E-state index contributed by atoms with van der Waals surface area (Å²) < 4.78 is 37.6. The molecule has 2 amide bonds. The number of nitrogens with one attached hydrogen (secondary N) is 2. The van der Waals surface area contributed by atoms with Gasteiger partial charge < -0.3 is 15.5 Å². The van der Waals surface area contributed by atoms with E-state index in [0.29, 0.717) is 29.1 Å². The van der Waals surface area contributed by atoms with Gasteiger partial charge >= 0.3 is 6.18 Å². The second-order valence-electron chi connectivity index (χ2n) is 6.10. The van der Waals surface area contributed by atoms with Crippen molar-refractivity contribution in [2.75, 3.05) is 30.4 Å². The Kier molecular flexibility index (Phi) is 5.02. The highest BCUT2D eigenvalue weighted by Crippen LogP contribution is 2.29. The summed E-state index contributed by atoms with van der Waals surface area (Å²) in [5.41, 5.74) is 0.787. The van der Waals surface area contributed by atoms with Crippen molar-refractivity contribution < 1.29 is 22.8 Å². The van der Waals surface area contributed by atoms with E-state index >= 15 is 0 Å². The SMILES string of the molecule is CN1C(=O)CNc2ncc(C(=O)NCCc3ccc(C(F)(F)F)cc3)cc21. The molecule has 1 aromatic carbocycles. The van der Waals surface area contributed by atoms with Crippen LogP contribution in [0.4, 0.5) is 24.7 Å². The zero-order valence-electron chi connectivity index (χ0n) is 14.4. The van der Waals surface area contributed by atoms with Crippen molar-refractivity contribution in [3.05, 3.63) is 53.2 Å². The fourth-order valence-corrected chi connectivity index (χ4v) is 2.66. The third kappa shape index (κ3) is 4.18. The van der Waals surface area contributed by atoms with Gasteiger partial charge in [-0.2, -0.15) is 13.2 Å². The number of anilines is 2. The fraction of sp³-hybridized carbons (Fsp3) is 0.278. The van der Waals surface area contributed by atoms with Crippen LogP contribution in [0.25, 0.3) is 0 Å². The van der Waals surface area contributed by atoms with Crippen LogP contribution in [0.5, 0.6) is 0 Å². The van der Waals surface area contributed by atoms with Crippen molar-refractivity contribution in [3.8, 4) is 0 Å². The van der Waals surface area contributed by atoms with Crippen LogP contribution >= 0.6 is 0 Å². The highest BCUT2D eigenvalue weighted by atomic mass is 19.4. The molecule has 27 heavy (non-hydrogen) atoms. The Balaban J connectivity index is 1.59. The lowest BCUT2D eigenvalue weighted by molar-refractivity contribution is -0.137. The summed E-state index contributed by atoms with van der Waals surface area (Å²) in [6.07, 6.45) is -2.57. The van der Waals surface area contributed by atoms with Crippen molar-refractivity contribution in [1.82, 2.24) is 10.3 Å². The smallest absolute Gasteiger partial charge is 0.359 e. The Morgan fingerprint density at radius 2 is 2.00 bits per heavy atom. The minimum atomic E-state index is -4.37. The van der Waals surface area contributed by atoms with E-state index in [0.717, 1.165) is 12.1 Å². The molecule has 1 aliphatic rings. The number of aromatic nitrogens is 1. The monoisotopic (exact) mass is 378 g/mol. The molecule has 0 aliphatic carbocycles. The van der Waals surface area contributed by atoms with Gasteiger partial charge in [0.1, 0.15) is 5.82 Å². The molecule has 2 aromatic rings. The van der Waals surface area contributed by atoms with E-state index in [1.165, 1.54) is 23.2 Å². The van der Waals surface area contributed by atoms with Crippen molar-refractivity contribution in [2.24, 2.45) is 0 Å². The molecule has 1 aliphatic heterocycles. The number of halogens is 3. The van der Waals surface area contributed by atoms with Crippen LogP contribution in [0.2, 0.25) is 0 Å². The molecule has 0 saturated heterocycles. The van der Waals surface area contributed by atoms with Gasteiger partial charge in [0, 0.05) is 19.8 Å². The summed E-state index contributed by atoms with van der Waals surface area (Å²) in [4.78, 5) is 29.6. The average molecular weight is 378 g/mol. The lowest BCUT2D eigenvalue weighted by Crippen LogP contribution is -2.37. The van der Waals surface area contributed by atoms with E-state index < -0.39 is 11.7 Å². The van der Waals surface area contributed by atoms with Gasteiger partial charge in [0.15, 0.2) is 0 Å². The van der Waals surface area contributed by atoms with Gasteiger partial charge in [-0.05, 0) is 30.2 Å². The van der Waals surface area contributed by atoms with Gasteiger partial charge in [-0.1, -0.05) is 12.1 Å². The highest BCUT2D eigenvalue weighted by molar-refractivity contribution is 6.03. The maximum atomic E-state index is 12.5. The normalized spacial score (nSPS) is 13.8. The number of rotatable bonds is 4. The summed E-state index contributed by atoms with van der Waals surface area (Å²) in [6, 6.07) is 6.39. The van der Waals surface area contributed by atoms with Crippen LogP contribution < -0.4 is 15.5 Å². The first-order valence-electron chi connectivity index (χ1n) is 8.20. The predicted molar refractivity (Wildman–Crippen MR) is 93.6 cm³/mol. The van der Waals surface area contributed by atoms with Crippen molar-refractivity contribution in [3.63, 3.8) is 0 Å². The van der Waals surface area contributed by atoms with Crippen LogP contribution in [0.3, 0.4) is 0 Å². The molecule has 1 aromatic heterocycles. The topological polar surface area (TPSA) is 74.3 Å². The van der Waals surface area contributed by atoms with Crippen LogP contribution in [-0.4, -0.2) is 36.9 Å². The molecular weight excluding hydrogens is 361 g/mol. The molecule has 0 radical (unpaired) electrons. The van der Waals surface area contributed by atoms with E-state index in [1.807, 2.05) is 0 Å². The quantitative estimate of drug-likeness (QED) is 0.857. The molecule has 0 saturated carbocycles. The van der Waals surface area contributed by atoms with E-state index in [1.54, 1.807) is 13.1 Å². The molecule has 0 fully saturated rings. The molecule has 9 heteroatoms. The first-order chi connectivity index (χ1) is 12.8. The van der Waals surface area contributed by atoms with Gasteiger partial charge in [-0.25, -0.2) is 4.98 Å². The summed E-state index contributed by atoms with van der Waals surface area (Å²) >= 11 is 0. The third-order valence-corrected chi connectivity index (χ3v) is 4.25. The average Bonchev–Trinajstić information content (AvgIpc) is 2.64. The number of hydrogen-bond acceptors (Lipinski definition) is 4. The van der Waals surface area contributed by atoms with Crippen LogP contribution in [0, 0.1) is 0 Å². The van der Waals surface area contributed by atoms with E-state index in [-0.39, 0.29) is 24.9 Å². The minimum absolute atomic E-state index is 0.135. The molecular formula is C18H17F3N4O2. The maximum absolute atomic E-state index is 12.5. The summed E-state index contributed by atoms with van der Waals surface area (Å²) in [5.74, 6) is 0.0196. The number of nitrogens with zero attached hydrogens (tertiary/aromatic N) is 2. The van der Waals surface area contributed by atoms with Crippen LogP contribution in [0.1, 0.15) is 21.5 Å². The Bertz CT molecular complexity index is 866. The Hall–Kier alpha value is -3.10. The molecule has 3 rings (SSSR count). The van der Waals surface area contributed by atoms with E-state index in [4.69, 9.17) is 0 Å². The Morgan fingerprint density at radius 1 is 1.30 bits per heavy atom. The molecule has 2 heterocycles. The van der Waals surface area contributed by atoms with Crippen molar-refractivity contribution in [1.29, 1.82) is 0 Å². The minimum Gasteiger partial charge on any atom is -0.359 e. The molecule has 142 valence electrons. The van der Waals surface area contributed by atoms with Crippen LogP contribution in [-0.2, 0) is 17.4 Å². The van der Waals surface area contributed by atoms with E-state index in [9.17, 15) is 22.8 Å². The number of likely N-dealkylation sites (N-methyl/N-ethyl adjacent to an activating group) is 1. The fourth-order valence-electron chi connectivity index (χ4n) is 2.66. The van der Waals surface area contributed by atoms with Gasteiger partial charge in [-0.3, -0.25) is 9.59 Å². The zero-order valence-corrected chi connectivity index (χ0v) is 14.4. The molecule has 0 atom stereocenters. The van der Waals surface area contributed by atoms with Crippen molar-refractivity contribution >= 4 is 23.3 Å². The highest BCUT2D eigenvalue weighted by Gasteiger charge is 2.29. The standard InChI is InChI=1S/C18H17F3N4O2/c1-25-14-8-12(9-23-16(14)24-10-15(25)26)17(27)22-7-6-11-2-4-13(5-3-11)18(19,20)21/h2-5,8-9H,6-7,10H2,1H3,(H,22,27)(H,23,24). The number of hydrogen-bond donors (Lipinski definition) is 2. The molecule has 0 bridgehead atoms. The first-order valence-corrected chi connectivity index (χ1v) is 8.20. The van der Waals surface area contributed by atoms with Crippen LogP contribution in [0.15, 0.2) is 36.5 Å². The largest absolute Gasteiger partial charge is 0.416 e. The number of carbonyl (C=O) groups excluding carboxylic acids is 2. The number of pyridine rings is 1. The second-order valence-corrected chi connectivity index (χ2v) is 6.10. The Labute approximate surface area is 153 Å². The van der Waals surface area contributed by atoms with Gasteiger partial charge in [0.2, 0.25) is 5.91 Å². The maximum Gasteiger partial charge on any atom is 0.416 e. The lowest BCUT2D eigenvalue weighted by atomic mass is 10.1. The third-order valence-electron chi connectivity index (χ3n) is 4.25. The number of alkyl halides is 3. The van der Waals surface area contributed by atoms with E-state index in [2.05, 4.69) is 15.6 Å². The second kappa shape index (κ2) is 7.26. The molecule has 2 N–H and O–H groups in total. The lowest BCUT2D eigenvalue weighted by Gasteiger charge is -2.26. The number of fused-ring (bicyclic) bond motifs is 1. The summed E-state index contributed by atoms with van der Waals surface area (Å²) in [6.45, 7) is 0.406. The summed E-state index contributed by atoms with van der Waals surface area (Å²) in [5, 5.41) is 5.57. The number of amides is 2. The van der Waals surface area contributed by atoms with Gasteiger partial charge in [-0.15, -0.1) is 0 Å². The van der Waals surface area contributed by atoms with Crippen molar-refractivity contribution in [2.45, 2.75) is 12.6 Å². The molecule has 0 spiro atoms. The molecule has 6 nitrogen and oxygen atoms in total. The zero-order chi connectivity index (χ0) is 19.6. The number of carbonyl (C=O) groups is 2. The van der Waals surface area contributed by atoms with Gasteiger partial charge in [0.05, 0.1) is 23.4 Å². The number of benzene rings is 1. The summed E-state index contributed by atoms with van der Waals surface area (Å²) in [7, 11) is 1.61. The predicted octanol–water partition coefficient (Wildman–Crippen LogP) is 2.46. The van der Waals surface area contributed by atoms with Gasteiger partial charge in [0.25, 0.3) is 5.91 Å².